The summed E-state index contributed by atoms with van der Waals surface area (Å²) in [6.45, 7) is 2.97. The lowest BCUT2D eigenvalue weighted by Gasteiger charge is -2.31. The molecule has 160 valence electrons. The van der Waals surface area contributed by atoms with Crippen LogP contribution in [-0.4, -0.2) is 36.6 Å². The van der Waals surface area contributed by atoms with E-state index in [-0.39, 0.29) is 30.3 Å². The molecule has 0 aliphatic carbocycles. The number of fused-ring (bicyclic) bond motifs is 2. The molecule has 2 aliphatic heterocycles. The zero-order chi connectivity index (χ0) is 21.5. The molecule has 1 fully saturated rings. The first-order chi connectivity index (χ1) is 15.0. The van der Waals surface area contributed by atoms with Crippen LogP contribution < -0.4 is 14.8 Å². The van der Waals surface area contributed by atoms with Crippen molar-refractivity contribution in [3.05, 3.63) is 52.7 Å². The molecule has 5 rings (SSSR count). The van der Waals surface area contributed by atoms with Gasteiger partial charge in [0, 0.05) is 40.8 Å². The van der Waals surface area contributed by atoms with Gasteiger partial charge in [0.15, 0.2) is 11.5 Å². The smallest absolute Gasteiger partial charge is 0.264 e. The van der Waals surface area contributed by atoms with Gasteiger partial charge in [-0.25, -0.2) is 4.39 Å². The van der Waals surface area contributed by atoms with Gasteiger partial charge in [-0.2, -0.15) is 0 Å². The number of anilines is 1. The predicted octanol–water partition coefficient (Wildman–Crippen LogP) is 4.57. The van der Waals surface area contributed by atoms with Gasteiger partial charge in [-0.1, -0.05) is 6.07 Å². The van der Waals surface area contributed by atoms with Crippen LogP contribution in [-0.2, 0) is 4.79 Å². The summed E-state index contributed by atoms with van der Waals surface area (Å²) < 4.78 is 25.6. The summed E-state index contributed by atoms with van der Waals surface area (Å²) in [5.41, 5.74) is 1.35. The Morgan fingerprint density at radius 1 is 1.13 bits per heavy atom. The van der Waals surface area contributed by atoms with Crippen molar-refractivity contribution in [1.82, 2.24) is 4.90 Å². The van der Waals surface area contributed by atoms with Gasteiger partial charge in [0.25, 0.3) is 5.91 Å². The van der Waals surface area contributed by atoms with Crippen molar-refractivity contribution < 1.29 is 23.5 Å². The highest BCUT2D eigenvalue weighted by molar-refractivity contribution is 7.21. The molecular formula is C23H21FN2O4S. The highest BCUT2D eigenvalue weighted by atomic mass is 32.1. The number of likely N-dealkylation sites (tertiary alicyclic amines) is 1. The average molecular weight is 440 g/mol. The van der Waals surface area contributed by atoms with E-state index in [1.54, 1.807) is 36.1 Å². The topological polar surface area (TPSA) is 67.9 Å². The first kappa shape index (κ1) is 19.8. The maximum Gasteiger partial charge on any atom is 0.264 e. The number of rotatable bonds is 3. The minimum atomic E-state index is -0.302. The van der Waals surface area contributed by atoms with E-state index < -0.39 is 0 Å². The van der Waals surface area contributed by atoms with E-state index in [2.05, 4.69) is 5.32 Å². The number of hydrogen-bond acceptors (Lipinski definition) is 5. The fraction of sp³-hybridized carbons (Fsp3) is 0.304. The van der Waals surface area contributed by atoms with Crippen LogP contribution in [0.4, 0.5) is 10.1 Å². The molecule has 1 aromatic heterocycles. The number of amides is 2. The summed E-state index contributed by atoms with van der Waals surface area (Å²) >= 11 is 1.33. The molecular weight excluding hydrogens is 419 g/mol. The Balaban J connectivity index is 1.23. The summed E-state index contributed by atoms with van der Waals surface area (Å²) in [6, 6.07) is 10.2. The van der Waals surface area contributed by atoms with Crippen LogP contribution in [0.25, 0.3) is 10.1 Å². The summed E-state index contributed by atoms with van der Waals surface area (Å²) in [5.74, 6) is 0.660. The Bertz CT molecular complexity index is 1180. The lowest BCUT2D eigenvalue weighted by molar-refractivity contribution is -0.121. The number of hydrogen-bond donors (Lipinski definition) is 1. The number of carbonyl (C=O) groups excluding carboxylic acids is 2. The summed E-state index contributed by atoms with van der Waals surface area (Å²) in [5, 5.41) is 3.45. The number of carbonyl (C=O) groups is 2. The first-order valence-electron chi connectivity index (χ1n) is 10.2. The van der Waals surface area contributed by atoms with E-state index in [1.807, 2.05) is 6.07 Å². The van der Waals surface area contributed by atoms with Gasteiger partial charge in [0.1, 0.15) is 5.82 Å². The van der Waals surface area contributed by atoms with Crippen LogP contribution in [0.5, 0.6) is 11.5 Å². The van der Waals surface area contributed by atoms with Gasteiger partial charge in [0.05, 0.1) is 4.88 Å². The van der Waals surface area contributed by atoms with Crippen LogP contribution in [0.2, 0.25) is 0 Å². The van der Waals surface area contributed by atoms with Crippen molar-refractivity contribution in [2.75, 3.05) is 25.2 Å². The maximum atomic E-state index is 14.2. The molecule has 0 radical (unpaired) electrons. The second kappa shape index (κ2) is 7.85. The van der Waals surface area contributed by atoms with Crippen LogP contribution in [0.15, 0.2) is 36.4 Å². The predicted molar refractivity (Wildman–Crippen MR) is 116 cm³/mol. The van der Waals surface area contributed by atoms with E-state index in [0.717, 1.165) is 4.70 Å². The largest absolute Gasteiger partial charge is 0.454 e. The fourth-order valence-corrected chi connectivity index (χ4v) is 5.36. The number of nitrogens with zero attached hydrogens (tertiary/aromatic N) is 1. The number of nitrogens with one attached hydrogen (secondary N) is 1. The average Bonchev–Trinajstić information content (AvgIpc) is 3.38. The molecule has 1 saturated heterocycles. The lowest BCUT2D eigenvalue weighted by Crippen LogP contribution is -2.41. The van der Waals surface area contributed by atoms with E-state index in [9.17, 15) is 14.0 Å². The van der Waals surface area contributed by atoms with Crippen LogP contribution in [0.1, 0.15) is 28.1 Å². The second-order valence-corrected chi connectivity index (χ2v) is 8.85. The minimum Gasteiger partial charge on any atom is -0.454 e. The van der Waals surface area contributed by atoms with Gasteiger partial charge >= 0.3 is 0 Å². The number of halogens is 1. The molecule has 0 spiro atoms. The van der Waals surface area contributed by atoms with Crippen molar-refractivity contribution >= 4 is 38.9 Å². The fourth-order valence-electron chi connectivity index (χ4n) is 4.16. The van der Waals surface area contributed by atoms with E-state index in [4.69, 9.17) is 9.47 Å². The van der Waals surface area contributed by atoms with E-state index >= 15 is 0 Å². The second-order valence-electron chi connectivity index (χ2n) is 7.79. The SMILES string of the molecule is Cc1c(C(=O)N2CCC(C(=O)Nc3ccc4c(c3)OCO4)CC2)sc2cccc(F)c12. The molecule has 0 atom stereocenters. The number of aryl methyl sites for hydroxylation is 1. The molecule has 2 amide bonds. The molecule has 6 nitrogen and oxygen atoms in total. The van der Waals surface area contributed by atoms with Crippen molar-refractivity contribution in [2.24, 2.45) is 5.92 Å². The number of thiophene rings is 1. The summed E-state index contributed by atoms with van der Waals surface area (Å²) in [6.07, 6.45) is 1.17. The Kier molecular flexibility index (Phi) is 5.02. The lowest BCUT2D eigenvalue weighted by atomic mass is 9.95. The van der Waals surface area contributed by atoms with Crippen molar-refractivity contribution in [3.63, 3.8) is 0 Å². The quantitative estimate of drug-likeness (QED) is 0.648. The Morgan fingerprint density at radius 3 is 2.68 bits per heavy atom. The molecule has 2 aromatic carbocycles. The maximum absolute atomic E-state index is 14.2. The summed E-state index contributed by atoms with van der Waals surface area (Å²) in [7, 11) is 0. The Hall–Kier alpha value is -3.13. The molecule has 0 saturated carbocycles. The molecule has 3 aromatic rings. The van der Waals surface area contributed by atoms with Crippen molar-refractivity contribution in [2.45, 2.75) is 19.8 Å². The van der Waals surface area contributed by atoms with Crippen LogP contribution in [0.3, 0.4) is 0 Å². The monoisotopic (exact) mass is 440 g/mol. The third-order valence-corrected chi connectivity index (χ3v) is 7.14. The minimum absolute atomic E-state index is 0.0638. The molecule has 3 heterocycles. The first-order valence-corrected chi connectivity index (χ1v) is 11.0. The molecule has 1 N–H and O–H groups in total. The molecule has 31 heavy (non-hydrogen) atoms. The van der Waals surface area contributed by atoms with E-state index in [1.165, 1.54) is 17.4 Å². The third-order valence-electron chi connectivity index (χ3n) is 5.89. The van der Waals surface area contributed by atoms with Gasteiger partial charge < -0.3 is 19.7 Å². The van der Waals surface area contributed by atoms with E-state index in [0.29, 0.717) is 58.9 Å². The molecule has 8 heteroatoms. The summed E-state index contributed by atoms with van der Waals surface area (Å²) in [4.78, 5) is 28.1. The molecule has 0 bridgehead atoms. The third kappa shape index (κ3) is 3.61. The van der Waals surface area contributed by atoms with Crippen LogP contribution >= 0.6 is 11.3 Å². The van der Waals surface area contributed by atoms with Gasteiger partial charge in [-0.3, -0.25) is 9.59 Å². The highest BCUT2D eigenvalue weighted by Gasteiger charge is 2.30. The van der Waals surface area contributed by atoms with Gasteiger partial charge in [0.2, 0.25) is 12.7 Å². The Morgan fingerprint density at radius 2 is 1.90 bits per heavy atom. The van der Waals surface area contributed by atoms with Gasteiger partial charge in [-0.15, -0.1) is 11.3 Å². The highest BCUT2D eigenvalue weighted by Crippen LogP contribution is 2.35. The van der Waals surface area contributed by atoms with Crippen LogP contribution in [0, 0.1) is 18.7 Å². The zero-order valence-electron chi connectivity index (χ0n) is 16.9. The molecule has 0 unspecified atom stereocenters. The molecule has 2 aliphatic rings. The number of benzene rings is 2. The standard InChI is InChI=1S/C23H21FN2O4S/c1-13-20-16(24)3-2-4-19(20)31-21(13)23(28)26-9-7-14(8-10-26)22(27)25-15-5-6-17-18(11-15)30-12-29-17/h2-6,11,14H,7-10,12H2,1H3,(H,25,27). The zero-order valence-corrected chi connectivity index (χ0v) is 17.8. The number of ether oxygens (including phenoxy) is 2. The number of piperidine rings is 1. The normalized spacial score (nSPS) is 16.0. The van der Waals surface area contributed by atoms with Gasteiger partial charge in [-0.05, 0) is 49.6 Å². The van der Waals surface area contributed by atoms with Crippen molar-refractivity contribution in [3.8, 4) is 11.5 Å². The Labute approximate surface area is 182 Å². The van der Waals surface area contributed by atoms with Crippen molar-refractivity contribution in [1.29, 1.82) is 0 Å².